The number of alkyl halides is 1. The van der Waals surface area contributed by atoms with E-state index in [0.29, 0.717) is 30.7 Å². The molecule has 0 spiro atoms. The molecule has 1 aromatic carbocycles. The van der Waals surface area contributed by atoms with Gasteiger partial charge in [-0.2, -0.15) is 9.97 Å². The maximum atomic E-state index is 6.15. The van der Waals surface area contributed by atoms with Gasteiger partial charge in [0, 0.05) is 37.3 Å². The van der Waals surface area contributed by atoms with E-state index in [2.05, 4.69) is 29.7 Å². The SMILES string of the molecule is COc1ccc(-c2ccc3c(N4CCOCC4)nc(N4CC(C)OC(C)C4)nc3n2)cc1CCl. The fourth-order valence-electron chi connectivity index (χ4n) is 4.68. The zero-order valence-corrected chi connectivity index (χ0v) is 20.6. The third-order valence-corrected chi connectivity index (χ3v) is 6.55. The third-order valence-electron chi connectivity index (χ3n) is 6.26. The van der Waals surface area contributed by atoms with Crippen molar-refractivity contribution in [3.63, 3.8) is 0 Å². The van der Waals surface area contributed by atoms with Crippen molar-refractivity contribution in [3.8, 4) is 17.0 Å². The van der Waals surface area contributed by atoms with E-state index in [-0.39, 0.29) is 12.2 Å². The molecule has 9 heteroatoms. The smallest absolute Gasteiger partial charge is 0.229 e. The zero-order chi connectivity index (χ0) is 23.7. The van der Waals surface area contributed by atoms with Crippen molar-refractivity contribution in [1.29, 1.82) is 0 Å². The van der Waals surface area contributed by atoms with Gasteiger partial charge in [0.2, 0.25) is 5.95 Å². The standard InChI is InChI=1S/C25H30ClN5O3/c1-16-14-31(15-17(2)34-16)25-28-23-20(24(29-25)30-8-10-33-11-9-30)5-6-21(27-23)18-4-7-22(32-3)19(12-18)13-26/h4-7,12,16-17H,8-11,13-15H2,1-3H3. The van der Waals surface area contributed by atoms with Crippen molar-refractivity contribution in [2.75, 3.05) is 56.3 Å². The van der Waals surface area contributed by atoms with Crippen LogP contribution in [-0.4, -0.2) is 73.7 Å². The van der Waals surface area contributed by atoms with Crippen LogP contribution in [0.1, 0.15) is 19.4 Å². The molecule has 5 rings (SSSR count). The molecule has 34 heavy (non-hydrogen) atoms. The number of halogens is 1. The molecule has 2 aliphatic heterocycles. The molecule has 0 aliphatic carbocycles. The van der Waals surface area contributed by atoms with Gasteiger partial charge < -0.3 is 24.0 Å². The largest absolute Gasteiger partial charge is 0.496 e. The lowest BCUT2D eigenvalue weighted by Gasteiger charge is -2.36. The van der Waals surface area contributed by atoms with Crippen LogP contribution in [0, 0.1) is 0 Å². The first-order valence-corrected chi connectivity index (χ1v) is 12.2. The number of benzene rings is 1. The van der Waals surface area contributed by atoms with Gasteiger partial charge in [-0.25, -0.2) is 4.98 Å². The molecule has 3 aromatic rings. The molecule has 4 heterocycles. The second-order valence-electron chi connectivity index (χ2n) is 8.84. The maximum Gasteiger partial charge on any atom is 0.229 e. The van der Waals surface area contributed by atoms with Crippen LogP contribution < -0.4 is 14.5 Å². The highest BCUT2D eigenvalue weighted by Crippen LogP contribution is 2.32. The lowest BCUT2D eigenvalue weighted by Crippen LogP contribution is -2.46. The van der Waals surface area contributed by atoms with E-state index in [1.54, 1.807) is 7.11 Å². The van der Waals surface area contributed by atoms with Crippen LogP contribution in [0.2, 0.25) is 0 Å². The van der Waals surface area contributed by atoms with Gasteiger partial charge in [-0.15, -0.1) is 11.6 Å². The van der Waals surface area contributed by atoms with Gasteiger partial charge in [0.25, 0.3) is 0 Å². The molecule has 180 valence electrons. The van der Waals surface area contributed by atoms with Crippen molar-refractivity contribution < 1.29 is 14.2 Å². The summed E-state index contributed by atoms with van der Waals surface area (Å²) in [4.78, 5) is 19.4. The number of hydrogen-bond donors (Lipinski definition) is 0. The third kappa shape index (κ3) is 4.62. The second kappa shape index (κ2) is 9.90. The topological polar surface area (TPSA) is 72.8 Å². The van der Waals surface area contributed by atoms with E-state index in [1.165, 1.54) is 0 Å². The normalized spacial score (nSPS) is 21.2. The molecular formula is C25H30ClN5O3. The predicted molar refractivity (Wildman–Crippen MR) is 134 cm³/mol. The van der Waals surface area contributed by atoms with E-state index < -0.39 is 0 Å². The number of aromatic nitrogens is 3. The summed E-state index contributed by atoms with van der Waals surface area (Å²) in [6.45, 7) is 8.62. The quantitative estimate of drug-likeness (QED) is 0.506. The molecule has 0 amide bonds. The molecule has 0 N–H and O–H groups in total. The zero-order valence-electron chi connectivity index (χ0n) is 19.8. The van der Waals surface area contributed by atoms with Gasteiger partial charge in [0.1, 0.15) is 11.6 Å². The lowest BCUT2D eigenvalue weighted by atomic mass is 10.1. The van der Waals surface area contributed by atoms with Crippen LogP contribution in [0.3, 0.4) is 0 Å². The molecule has 2 fully saturated rings. The Hall–Kier alpha value is -2.68. The molecule has 8 nitrogen and oxygen atoms in total. The minimum atomic E-state index is 0.113. The Balaban J connectivity index is 1.61. The summed E-state index contributed by atoms with van der Waals surface area (Å²) in [5.74, 6) is 2.74. The summed E-state index contributed by atoms with van der Waals surface area (Å²) < 4.78 is 16.9. The number of rotatable bonds is 5. The lowest BCUT2D eigenvalue weighted by molar-refractivity contribution is -0.00570. The first kappa shape index (κ1) is 23.1. The number of pyridine rings is 1. The van der Waals surface area contributed by atoms with Crippen molar-refractivity contribution in [3.05, 3.63) is 35.9 Å². The van der Waals surface area contributed by atoms with Crippen LogP contribution >= 0.6 is 11.6 Å². The molecule has 2 unspecified atom stereocenters. The van der Waals surface area contributed by atoms with Crippen LogP contribution in [0.5, 0.6) is 5.75 Å². The summed E-state index contributed by atoms with van der Waals surface area (Å²) in [6.07, 6.45) is 0.227. The van der Waals surface area contributed by atoms with Crippen LogP contribution in [-0.2, 0) is 15.4 Å². The number of fused-ring (bicyclic) bond motifs is 1. The van der Waals surface area contributed by atoms with E-state index >= 15 is 0 Å². The minimum absolute atomic E-state index is 0.113. The highest BCUT2D eigenvalue weighted by atomic mass is 35.5. The van der Waals surface area contributed by atoms with E-state index in [9.17, 15) is 0 Å². The second-order valence-corrected chi connectivity index (χ2v) is 9.10. The fraction of sp³-hybridized carbons (Fsp3) is 0.480. The Kier molecular flexibility index (Phi) is 6.72. The molecule has 2 atom stereocenters. The van der Waals surface area contributed by atoms with Gasteiger partial charge >= 0.3 is 0 Å². The molecule has 0 saturated carbocycles. The summed E-state index contributed by atoms with van der Waals surface area (Å²) in [6, 6.07) is 10.0. The highest BCUT2D eigenvalue weighted by molar-refractivity contribution is 6.17. The van der Waals surface area contributed by atoms with Gasteiger partial charge in [0.05, 0.1) is 49.5 Å². The average molecular weight is 484 g/mol. The fourth-order valence-corrected chi connectivity index (χ4v) is 4.89. The highest BCUT2D eigenvalue weighted by Gasteiger charge is 2.26. The summed E-state index contributed by atoms with van der Waals surface area (Å²) >= 11 is 6.15. The molecule has 2 saturated heterocycles. The Morgan fingerprint density at radius 3 is 2.47 bits per heavy atom. The van der Waals surface area contributed by atoms with Gasteiger partial charge in [0.15, 0.2) is 5.65 Å². The van der Waals surface area contributed by atoms with E-state index in [1.807, 2.05) is 24.3 Å². The van der Waals surface area contributed by atoms with Gasteiger partial charge in [-0.3, -0.25) is 0 Å². The van der Waals surface area contributed by atoms with Crippen molar-refractivity contribution in [1.82, 2.24) is 15.0 Å². The number of methoxy groups -OCH3 is 1. The van der Waals surface area contributed by atoms with Gasteiger partial charge in [-0.05, 0) is 44.2 Å². The predicted octanol–water partition coefficient (Wildman–Crippen LogP) is 3.89. The van der Waals surface area contributed by atoms with Crippen molar-refractivity contribution >= 4 is 34.4 Å². The number of ether oxygens (including phenoxy) is 3. The van der Waals surface area contributed by atoms with Crippen LogP contribution in [0.4, 0.5) is 11.8 Å². The number of morpholine rings is 2. The number of hydrogen-bond acceptors (Lipinski definition) is 8. The van der Waals surface area contributed by atoms with E-state index in [4.69, 9.17) is 40.8 Å². The maximum absolute atomic E-state index is 6.15. The first-order valence-electron chi connectivity index (χ1n) is 11.7. The molecule has 0 bridgehead atoms. The summed E-state index contributed by atoms with van der Waals surface area (Å²) in [5.41, 5.74) is 3.42. The summed E-state index contributed by atoms with van der Waals surface area (Å²) in [5, 5.41) is 0.940. The summed E-state index contributed by atoms with van der Waals surface area (Å²) in [7, 11) is 1.65. The number of anilines is 2. The van der Waals surface area contributed by atoms with Gasteiger partial charge in [-0.1, -0.05) is 0 Å². The minimum Gasteiger partial charge on any atom is -0.496 e. The molecule has 0 radical (unpaired) electrons. The Labute approximate surface area is 204 Å². The molecule has 2 aromatic heterocycles. The van der Waals surface area contributed by atoms with Crippen LogP contribution in [0.15, 0.2) is 30.3 Å². The van der Waals surface area contributed by atoms with Crippen LogP contribution in [0.25, 0.3) is 22.3 Å². The first-order chi connectivity index (χ1) is 16.6. The average Bonchev–Trinajstić information content (AvgIpc) is 2.87. The molecule has 2 aliphatic rings. The Morgan fingerprint density at radius 2 is 1.76 bits per heavy atom. The number of nitrogens with zero attached hydrogens (tertiary/aromatic N) is 5. The molecular weight excluding hydrogens is 454 g/mol. The van der Waals surface area contributed by atoms with E-state index in [0.717, 1.165) is 60.0 Å². The van der Waals surface area contributed by atoms with Crippen molar-refractivity contribution in [2.45, 2.75) is 31.9 Å². The Bertz CT molecular complexity index is 1160. The van der Waals surface area contributed by atoms with Crippen molar-refractivity contribution in [2.24, 2.45) is 0 Å². The Morgan fingerprint density at radius 1 is 1.00 bits per heavy atom. The monoisotopic (exact) mass is 483 g/mol.